The Morgan fingerprint density at radius 1 is 1.07 bits per heavy atom. The molecule has 0 N–H and O–H groups in total. The summed E-state index contributed by atoms with van der Waals surface area (Å²) < 4.78 is 0. The van der Waals surface area contributed by atoms with Crippen LogP contribution in [0.1, 0.15) is 72.1 Å². The van der Waals surface area contributed by atoms with Crippen LogP contribution in [0, 0.1) is 23.2 Å². The maximum Gasteiger partial charge on any atom is -0.0292 e. The minimum Gasteiger partial charge on any atom is -0.0651 e. The molecule has 2 saturated carbocycles. The Labute approximate surface area is 95.8 Å². The molecule has 0 aliphatic heterocycles. The highest BCUT2D eigenvalue weighted by Gasteiger charge is 2.45. The molecule has 15 heavy (non-hydrogen) atoms. The minimum atomic E-state index is 0.799. The zero-order chi connectivity index (χ0) is 10.9. The largest absolute Gasteiger partial charge is 0.0651 e. The molecule has 0 aromatic carbocycles. The van der Waals surface area contributed by atoms with Crippen molar-refractivity contribution in [1.82, 2.24) is 0 Å². The summed E-state index contributed by atoms with van der Waals surface area (Å²) >= 11 is 0. The van der Waals surface area contributed by atoms with Gasteiger partial charge < -0.3 is 0 Å². The maximum atomic E-state index is 2.44. The smallest absolute Gasteiger partial charge is 0.0292 e. The van der Waals surface area contributed by atoms with Crippen LogP contribution in [-0.2, 0) is 0 Å². The fourth-order valence-corrected chi connectivity index (χ4v) is 4.39. The van der Waals surface area contributed by atoms with E-state index < -0.39 is 0 Å². The fourth-order valence-electron chi connectivity index (χ4n) is 4.39. The summed E-state index contributed by atoms with van der Waals surface area (Å²) in [6.45, 7) is 7.28. The molecule has 2 rings (SSSR count). The van der Waals surface area contributed by atoms with Gasteiger partial charge in [0.25, 0.3) is 0 Å². The Hall–Kier alpha value is 0. The van der Waals surface area contributed by atoms with Crippen LogP contribution in [0.4, 0.5) is 0 Å². The van der Waals surface area contributed by atoms with Crippen LogP contribution in [0.5, 0.6) is 0 Å². The molecule has 0 bridgehead atoms. The van der Waals surface area contributed by atoms with Crippen molar-refractivity contribution in [2.45, 2.75) is 72.1 Å². The summed E-state index contributed by atoms with van der Waals surface area (Å²) in [6, 6.07) is 0. The number of rotatable bonds is 2. The van der Waals surface area contributed by atoms with Gasteiger partial charge in [-0.2, -0.15) is 0 Å². The SMILES string of the molecule is CCC1CC2(CCCCC2)CC1C(C)C. The van der Waals surface area contributed by atoms with Crippen LogP contribution < -0.4 is 0 Å². The van der Waals surface area contributed by atoms with Gasteiger partial charge in [-0.3, -0.25) is 0 Å². The normalized spacial score (nSPS) is 35.2. The third-order valence-electron chi connectivity index (χ3n) is 5.26. The third kappa shape index (κ3) is 2.24. The second-order valence-electron chi connectivity index (χ2n) is 6.55. The first-order valence-corrected chi connectivity index (χ1v) is 7.17. The third-order valence-corrected chi connectivity index (χ3v) is 5.26. The first-order chi connectivity index (χ1) is 7.17. The molecule has 0 aromatic rings. The van der Waals surface area contributed by atoms with Crippen molar-refractivity contribution in [2.75, 3.05) is 0 Å². The van der Waals surface area contributed by atoms with Gasteiger partial charge in [0.1, 0.15) is 0 Å². The van der Waals surface area contributed by atoms with E-state index >= 15 is 0 Å². The van der Waals surface area contributed by atoms with E-state index in [1.807, 2.05) is 0 Å². The van der Waals surface area contributed by atoms with E-state index in [1.54, 1.807) is 25.7 Å². The van der Waals surface area contributed by atoms with Gasteiger partial charge in [-0.15, -0.1) is 0 Å². The van der Waals surface area contributed by atoms with Gasteiger partial charge in [0.2, 0.25) is 0 Å². The molecule has 2 unspecified atom stereocenters. The Kier molecular flexibility index (Phi) is 3.42. The van der Waals surface area contributed by atoms with Gasteiger partial charge >= 0.3 is 0 Å². The van der Waals surface area contributed by atoms with Crippen LogP contribution in [-0.4, -0.2) is 0 Å². The van der Waals surface area contributed by atoms with E-state index in [0.717, 1.165) is 23.2 Å². The molecule has 0 saturated heterocycles. The van der Waals surface area contributed by atoms with Gasteiger partial charge in [-0.05, 0) is 48.9 Å². The van der Waals surface area contributed by atoms with Crippen molar-refractivity contribution >= 4 is 0 Å². The van der Waals surface area contributed by atoms with Crippen LogP contribution in [0.2, 0.25) is 0 Å². The molecular formula is C15H28. The summed E-state index contributed by atoms with van der Waals surface area (Å²) in [5.41, 5.74) is 0.799. The maximum absolute atomic E-state index is 2.44. The van der Waals surface area contributed by atoms with Crippen LogP contribution >= 0.6 is 0 Å². The zero-order valence-corrected chi connectivity index (χ0v) is 10.9. The quantitative estimate of drug-likeness (QED) is 0.597. The Morgan fingerprint density at radius 3 is 2.20 bits per heavy atom. The second-order valence-corrected chi connectivity index (χ2v) is 6.55. The van der Waals surface area contributed by atoms with Crippen LogP contribution in [0.25, 0.3) is 0 Å². The predicted molar refractivity (Wildman–Crippen MR) is 66.9 cm³/mol. The van der Waals surface area contributed by atoms with E-state index in [2.05, 4.69) is 20.8 Å². The molecule has 2 aliphatic carbocycles. The van der Waals surface area contributed by atoms with Gasteiger partial charge in [0.15, 0.2) is 0 Å². The fraction of sp³-hybridized carbons (Fsp3) is 1.00. The standard InChI is InChI=1S/C15H28/c1-4-13-10-15(8-6-5-7-9-15)11-14(13)12(2)3/h12-14H,4-11H2,1-3H3. The molecule has 2 aliphatic rings. The van der Waals surface area contributed by atoms with Crippen molar-refractivity contribution in [2.24, 2.45) is 23.2 Å². The highest BCUT2D eigenvalue weighted by Crippen LogP contribution is 2.56. The first-order valence-electron chi connectivity index (χ1n) is 7.17. The molecule has 0 radical (unpaired) electrons. The molecule has 88 valence electrons. The lowest BCUT2D eigenvalue weighted by molar-refractivity contribution is 0.181. The van der Waals surface area contributed by atoms with Crippen molar-refractivity contribution < 1.29 is 0 Å². The van der Waals surface area contributed by atoms with Gasteiger partial charge in [-0.1, -0.05) is 46.5 Å². The van der Waals surface area contributed by atoms with Crippen LogP contribution in [0.3, 0.4) is 0 Å². The Bertz CT molecular complexity index is 198. The highest BCUT2D eigenvalue weighted by molar-refractivity contribution is 4.95. The lowest BCUT2D eigenvalue weighted by Gasteiger charge is -2.34. The van der Waals surface area contributed by atoms with Crippen molar-refractivity contribution in [1.29, 1.82) is 0 Å². The summed E-state index contributed by atoms with van der Waals surface area (Å²) in [7, 11) is 0. The number of hydrogen-bond acceptors (Lipinski definition) is 0. The molecule has 2 atom stereocenters. The summed E-state index contributed by atoms with van der Waals surface area (Å²) in [5, 5.41) is 0. The highest BCUT2D eigenvalue weighted by atomic mass is 14.5. The van der Waals surface area contributed by atoms with Gasteiger partial charge in [0.05, 0.1) is 0 Å². The van der Waals surface area contributed by atoms with E-state index in [-0.39, 0.29) is 0 Å². The predicted octanol–water partition coefficient (Wildman–Crippen LogP) is 5.03. The minimum absolute atomic E-state index is 0.799. The van der Waals surface area contributed by atoms with E-state index in [1.165, 1.54) is 25.7 Å². The Morgan fingerprint density at radius 2 is 1.73 bits per heavy atom. The molecule has 0 aromatic heterocycles. The van der Waals surface area contributed by atoms with E-state index in [9.17, 15) is 0 Å². The number of hydrogen-bond donors (Lipinski definition) is 0. The monoisotopic (exact) mass is 208 g/mol. The molecular weight excluding hydrogens is 180 g/mol. The van der Waals surface area contributed by atoms with Crippen molar-refractivity contribution in [3.63, 3.8) is 0 Å². The first kappa shape index (κ1) is 11.5. The van der Waals surface area contributed by atoms with Gasteiger partial charge in [0, 0.05) is 0 Å². The molecule has 1 spiro atoms. The van der Waals surface area contributed by atoms with Crippen LogP contribution in [0.15, 0.2) is 0 Å². The van der Waals surface area contributed by atoms with Crippen molar-refractivity contribution in [3.05, 3.63) is 0 Å². The molecule has 0 heterocycles. The lowest BCUT2D eigenvalue weighted by atomic mass is 9.72. The molecule has 0 heteroatoms. The Balaban J connectivity index is 2.05. The molecule has 0 amide bonds. The summed E-state index contributed by atoms with van der Waals surface area (Å²) in [5.74, 6) is 2.99. The zero-order valence-electron chi connectivity index (χ0n) is 10.9. The lowest BCUT2D eigenvalue weighted by Crippen LogP contribution is -2.21. The topological polar surface area (TPSA) is 0 Å². The second kappa shape index (κ2) is 4.47. The average molecular weight is 208 g/mol. The summed E-state index contributed by atoms with van der Waals surface area (Å²) in [6.07, 6.45) is 12.2. The van der Waals surface area contributed by atoms with Crippen molar-refractivity contribution in [3.8, 4) is 0 Å². The summed E-state index contributed by atoms with van der Waals surface area (Å²) in [4.78, 5) is 0. The molecule has 2 fully saturated rings. The van der Waals surface area contributed by atoms with E-state index in [0.29, 0.717) is 0 Å². The molecule has 0 nitrogen and oxygen atoms in total. The average Bonchev–Trinajstić information content (AvgIpc) is 2.58. The van der Waals surface area contributed by atoms with Gasteiger partial charge in [-0.25, -0.2) is 0 Å². The van der Waals surface area contributed by atoms with E-state index in [4.69, 9.17) is 0 Å².